The largest absolute Gasteiger partial charge is 0.348 e. The molecule has 1 fully saturated rings. The maximum Gasteiger partial charge on any atom is 0.280 e. The van der Waals surface area contributed by atoms with Crippen molar-refractivity contribution in [3.05, 3.63) is 57.5 Å². The highest BCUT2D eigenvalue weighted by Gasteiger charge is 2.36. The lowest BCUT2D eigenvalue weighted by molar-refractivity contribution is -0.116. The van der Waals surface area contributed by atoms with E-state index in [1.807, 2.05) is 13.8 Å². The summed E-state index contributed by atoms with van der Waals surface area (Å²) in [7, 11) is 0. The van der Waals surface area contributed by atoms with Crippen molar-refractivity contribution in [3.63, 3.8) is 0 Å². The molecule has 2 N–H and O–H groups in total. The van der Waals surface area contributed by atoms with Crippen LogP contribution in [0, 0.1) is 5.82 Å². The maximum absolute atomic E-state index is 13.2. The number of aromatic nitrogens is 4. The van der Waals surface area contributed by atoms with Crippen LogP contribution in [0.2, 0.25) is 0 Å². The van der Waals surface area contributed by atoms with Crippen molar-refractivity contribution in [1.82, 2.24) is 29.4 Å². The molecular weight excluding hydrogens is 445 g/mol. The third-order valence-corrected chi connectivity index (χ3v) is 5.83. The van der Waals surface area contributed by atoms with Crippen molar-refractivity contribution in [3.8, 4) is 0 Å². The van der Waals surface area contributed by atoms with E-state index in [-0.39, 0.29) is 59.5 Å². The van der Waals surface area contributed by atoms with Crippen LogP contribution in [-0.2, 0) is 17.9 Å². The Morgan fingerprint density at radius 1 is 1.24 bits per heavy atom. The van der Waals surface area contributed by atoms with Crippen LogP contribution in [0.15, 0.2) is 29.2 Å². The lowest BCUT2D eigenvalue weighted by atomic mass is 10.2. The number of carbonyl (C=O) groups excluding carboxylic acids is 3. The summed E-state index contributed by atoms with van der Waals surface area (Å²) in [4.78, 5) is 57.1. The zero-order valence-corrected chi connectivity index (χ0v) is 18.5. The first-order valence-corrected chi connectivity index (χ1v) is 10.9. The molecule has 3 aromatic heterocycles. The van der Waals surface area contributed by atoms with Crippen molar-refractivity contribution in [2.75, 3.05) is 5.32 Å². The van der Waals surface area contributed by atoms with Crippen LogP contribution in [-0.4, -0.2) is 53.9 Å². The average Bonchev–Trinajstić information content (AvgIpc) is 3.36. The summed E-state index contributed by atoms with van der Waals surface area (Å²) in [5.74, 6) is -1.77. The second-order valence-corrected chi connectivity index (χ2v) is 8.70. The molecule has 176 valence electrons. The molecule has 0 unspecified atom stereocenters. The van der Waals surface area contributed by atoms with Gasteiger partial charge in [-0.1, -0.05) is 0 Å². The van der Waals surface area contributed by atoms with Gasteiger partial charge in [0.1, 0.15) is 29.5 Å². The molecule has 11 nitrogen and oxygen atoms in total. The highest BCUT2D eigenvalue weighted by atomic mass is 19.1. The van der Waals surface area contributed by atoms with Gasteiger partial charge in [-0.25, -0.2) is 9.37 Å². The summed E-state index contributed by atoms with van der Waals surface area (Å²) < 4.78 is 15.6. The summed E-state index contributed by atoms with van der Waals surface area (Å²) >= 11 is 0. The van der Waals surface area contributed by atoms with Crippen molar-refractivity contribution in [1.29, 1.82) is 0 Å². The molecule has 0 atom stereocenters. The van der Waals surface area contributed by atoms with E-state index in [1.54, 1.807) is 0 Å². The fraction of sp³-hybridized carbons (Fsp3) is 0.364. The fourth-order valence-electron chi connectivity index (χ4n) is 3.94. The first-order chi connectivity index (χ1) is 16.2. The van der Waals surface area contributed by atoms with Crippen LogP contribution >= 0.6 is 0 Å². The molecule has 3 amide bonds. The van der Waals surface area contributed by atoms with Crippen LogP contribution in [0.5, 0.6) is 0 Å². The van der Waals surface area contributed by atoms with Crippen molar-refractivity contribution in [2.45, 2.75) is 51.9 Å². The molecule has 1 saturated carbocycles. The summed E-state index contributed by atoms with van der Waals surface area (Å²) in [6.45, 7) is 3.39. The van der Waals surface area contributed by atoms with Gasteiger partial charge in [-0.15, -0.1) is 0 Å². The van der Waals surface area contributed by atoms with Crippen LogP contribution in [0.4, 0.5) is 10.2 Å². The first kappa shape index (κ1) is 21.7. The van der Waals surface area contributed by atoms with E-state index in [9.17, 15) is 23.6 Å². The monoisotopic (exact) mass is 467 g/mol. The molecule has 3 aromatic rings. The molecule has 0 saturated heterocycles. The van der Waals surface area contributed by atoms with Gasteiger partial charge in [0.15, 0.2) is 5.69 Å². The Bertz CT molecular complexity index is 1390. The molecule has 34 heavy (non-hydrogen) atoms. The van der Waals surface area contributed by atoms with E-state index < -0.39 is 23.2 Å². The highest BCUT2D eigenvalue weighted by Crippen LogP contribution is 2.25. The number of fused-ring (bicyclic) bond motifs is 2. The SMILES string of the molecule is CC(C)N1Cc2c(n(CC(=O)Nc3ccc(F)cn3)c3cc(C(=O)NC4CC4)nn3c2=O)C1=O. The predicted molar refractivity (Wildman–Crippen MR) is 118 cm³/mol. The molecule has 0 aromatic carbocycles. The Labute approximate surface area is 192 Å². The van der Waals surface area contributed by atoms with E-state index >= 15 is 0 Å². The molecule has 5 rings (SSSR count). The van der Waals surface area contributed by atoms with Gasteiger partial charge in [-0.2, -0.15) is 9.61 Å². The number of carbonyl (C=O) groups is 3. The zero-order valence-electron chi connectivity index (χ0n) is 18.5. The third kappa shape index (κ3) is 3.80. The first-order valence-electron chi connectivity index (χ1n) is 10.9. The molecular formula is C22H22FN7O4. The van der Waals surface area contributed by atoms with Gasteiger partial charge in [0, 0.05) is 18.2 Å². The Morgan fingerprint density at radius 2 is 2.00 bits per heavy atom. The molecule has 2 aliphatic rings. The number of halogens is 1. The van der Waals surface area contributed by atoms with Gasteiger partial charge in [0.2, 0.25) is 5.91 Å². The Hall–Kier alpha value is -4.09. The Kier molecular flexibility index (Phi) is 5.14. The van der Waals surface area contributed by atoms with Gasteiger partial charge in [0.25, 0.3) is 17.4 Å². The quantitative estimate of drug-likeness (QED) is 0.555. The molecule has 4 heterocycles. The minimum Gasteiger partial charge on any atom is -0.348 e. The normalized spacial score (nSPS) is 15.2. The second kappa shape index (κ2) is 8.04. The topological polar surface area (TPSA) is 131 Å². The Balaban J connectivity index is 1.58. The lowest BCUT2D eigenvalue weighted by Crippen LogP contribution is -2.32. The minimum absolute atomic E-state index is 0.0233. The number of nitrogens with zero attached hydrogens (tertiary/aromatic N) is 5. The van der Waals surface area contributed by atoms with Gasteiger partial charge >= 0.3 is 0 Å². The van der Waals surface area contributed by atoms with Gasteiger partial charge in [-0.05, 0) is 38.8 Å². The van der Waals surface area contributed by atoms with Crippen molar-refractivity contribution >= 4 is 29.2 Å². The summed E-state index contributed by atoms with van der Waals surface area (Å²) in [6.07, 6.45) is 2.74. The molecule has 1 aliphatic heterocycles. The van der Waals surface area contributed by atoms with E-state index in [0.717, 1.165) is 29.6 Å². The third-order valence-electron chi connectivity index (χ3n) is 5.83. The maximum atomic E-state index is 13.2. The molecule has 0 spiro atoms. The average molecular weight is 467 g/mol. The summed E-state index contributed by atoms with van der Waals surface area (Å²) in [6, 6.07) is 3.79. The van der Waals surface area contributed by atoms with E-state index in [0.29, 0.717) is 0 Å². The molecule has 1 aliphatic carbocycles. The standard InChI is InChI=1S/C22H22FN7O4/c1-11(2)28-9-14-19(22(28)34)29(10-17(31)26-16-6-3-12(23)8-24-16)18-7-15(27-30(18)21(14)33)20(32)25-13-4-5-13/h3,6-8,11,13H,4-5,9-10H2,1-2H3,(H,25,32)(H,24,26,31). The summed E-state index contributed by atoms with van der Waals surface area (Å²) in [5, 5.41) is 9.55. The molecule has 0 radical (unpaired) electrons. The zero-order chi connectivity index (χ0) is 24.1. The van der Waals surface area contributed by atoms with Gasteiger partial charge < -0.3 is 20.1 Å². The van der Waals surface area contributed by atoms with Gasteiger partial charge in [0.05, 0.1) is 18.3 Å². The van der Waals surface area contributed by atoms with Crippen LogP contribution in [0.1, 0.15) is 53.2 Å². The predicted octanol–water partition coefficient (Wildman–Crippen LogP) is 0.925. The lowest BCUT2D eigenvalue weighted by Gasteiger charge is -2.20. The van der Waals surface area contributed by atoms with E-state index in [4.69, 9.17) is 0 Å². The molecule has 12 heteroatoms. The number of rotatable bonds is 6. The van der Waals surface area contributed by atoms with Crippen LogP contribution < -0.4 is 16.2 Å². The number of amides is 3. The van der Waals surface area contributed by atoms with Crippen LogP contribution in [0.25, 0.3) is 5.65 Å². The van der Waals surface area contributed by atoms with Crippen molar-refractivity contribution in [2.24, 2.45) is 0 Å². The smallest absolute Gasteiger partial charge is 0.280 e. The minimum atomic E-state index is -0.548. The van der Waals surface area contributed by atoms with Gasteiger partial charge in [-0.3, -0.25) is 19.2 Å². The second-order valence-electron chi connectivity index (χ2n) is 8.70. The number of anilines is 1. The number of hydrogen-bond acceptors (Lipinski definition) is 6. The molecule has 0 bridgehead atoms. The van der Waals surface area contributed by atoms with Crippen LogP contribution in [0.3, 0.4) is 0 Å². The number of pyridine rings is 1. The number of hydrogen-bond donors (Lipinski definition) is 2. The highest BCUT2D eigenvalue weighted by molar-refractivity contribution is 5.99. The van der Waals surface area contributed by atoms with Crippen molar-refractivity contribution < 1.29 is 18.8 Å². The number of nitrogens with one attached hydrogen (secondary N) is 2. The Morgan fingerprint density at radius 3 is 2.65 bits per heavy atom. The van der Waals surface area contributed by atoms with E-state index in [1.165, 1.54) is 21.6 Å². The fourth-order valence-corrected chi connectivity index (χ4v) is 3.94. The van der Waals surface area contributed by atoms with E-state index in [2.05, 4.69) is 20.7 Å². The summed E-state index contributed by atoms with van der Waals surface area (Å²) in [5.41, 5.74) is -0.0523.